The molecule has 0 amide bonds. The fraction of sp³-hybridized carbons (Fsp3) is 0.562. The van der Waals surface area contributed by atoms with Gasteiger partial charge in [0.05, 0.1) is 0 Å². The molecule has 1 aromatic carbocycles. The molecule has 92 valence electrons. The highest BCUT2D eigenvalue weighted by atomic mass is 16.1. The van der Waals surface area contributed by atoms with E-state index in [0.29, 0.717) is 11.7 Å². The number of ketones is 1. The van der Waals surface area contributed by atoms with Gasteiger partial charge in [-0.2, -0.15) is 0 Å². The quantitative estimate of drug-likeness (QED) is 0.748. The van der Waals surface area contributed by atoms with Gasteiger partial charge in [-0.1, -0.05) is 31.5 Å². The normalized spacial score (nSPS) is 28.1. The van der Waals surface area contributed by atoms with E-state index in [-0.39, 0.29) is 5.41 Å². The van der Waals surface area contributed by atoms with Gasteiger partial charge in [0.15, 0.2) is 0 Å². The number of hydrogen-bond donors (Lipinski definition) is 0. The molecule has 0 saturated heterocycles. The second-order valence-electron chi connectivity index (χ2n) is 5.76. The van der Waals surface area contributed by atoms with Crippen LogP contribution in [-0.4, -0.2) is 5.78 Å². The van der Waals surface area contributed by atoms with Crippen LogP contribution >= 0.6 is 0 Å². The van der Waals surface area contributed by atoms with Crippen LogP contribution in [0, 0.1) is 26.2 Å². The van der Waals surface area contributed by atoms with Crippen molar-refractivity contribution in [3.05, 3.63) is 34.4 Å². The van der Waals surface area contributed by atoms with Crippen LogP contribution in [-0.2, 0) is 4.79 Å². The molecule has 0 N–H and O–H groups in total. The molecule has 0 spiro atoms. The van der Waals surface area contributed by atoms with Crippen molar-refractivity contribution in [2.24, 2.45) is 5.41 Å². The predicted octanol–water partition coefficient (Wildman–Crippen LogP) is 4.08. The van der Waals surface area contributed by atoms with Gasteiger partial charge in [0, 0.05) is 17.8 Å². The number of aryl methyl sites for hydroxylation is 3. The zero-order chi connectivity index (χ0) is 12.8. The second-order valence-corrected chi connectivity index (χ2v) is 5.76. The minimum atomic E-state index is -0.120. The van der Waals surface area contributed by atoms with Crippen LogP contribution in [0.2, 0.25) is 0 Å². The Bertz CT molecular complexity index is 449. The summed E-state index contributed by atoms with van der Waals surface area (Å²) < 4.78 is 0. The van der Waals surface area contributed by atoms with E-state index in [1.54, 1.807) is 0 Å². The molecular formula is C16H22O. The van der Waals surface area contributed by atoms with Gasteiger partial charge in [0.2, 0.25) is 0 Å². The Hall–Kier alpha value is -1.11. The molecule has 0 heterocycles. The van der Waals surface area contributed by atoms with Gasteiger partial charge in [-0.05, 0) is 43.9 Å². The van der Waals surface area contributed by atoms with Crippen molar-refractivity contribution >= 4 is 5.78 Å². The SMILES string of the molecule is CCC1(C)C(=O)CC1c1c(C)cc(C)cc1C. The minimum Gasteiger partial charge on any atom is -0.299 e. The Labute approximate surface area is 104 Å². The summed E-state index contributed by atoms with van der Waals surface area (Å²) in [5.41, 5.74) is 5.30. The molecule has 1 nitrogen and oxygen atoms in total. The summed E-state index contributed by atoms with van der Waals surface area (Å²) in [6.07, 6.45) is 1.68. The highest BCUT2D eigenvalue weighted by Crippen LogP contribution is 2.53. The smallest absolute Gasteiger partial charge is 0.140 e. The third kappa shape index (κ3) is 1.72. The topological polar surface area (TPSA) is 17.1 Å². The van der Waals surface area contributed by atoms with Crippen LogP contribution in [0.1, 0.15) is 54.9 Å². The van der Waals surface area contributed by atoms with E-state index in [1.807, 2.05) is 0 Å². The molecule has 0 radical (unpaired) electrons. The average molecular weight is 230 g/mol. The standard InChI is InChI=1S/C16H22O/c1-6-16(5)13(9-14(16)17)15-11(3)7-10(2)8-12(15)4/h7-8,13H,6,9H2,1-5H3. The Kier molecular flexibility index (Phi) is 2.89. The highest BCUT2D eigenvalue weighted by molar-refractivity contribution is 5.93. The van der Waals surface area contributed by atoms with Crippen LogP contribution in [0.15, 0.2) is 12.1 Å². The number of Topliss-reactive ketones (excluding diaryl/α,β-unsaturated/α-hetero) is 1. The molecule has 2 rings (SSSR count). The van der Waals surface area contributed by atoms with Crippen LogP contribution in [0.25, 0.3) is 0 Å². The number of carbonyl (C=O) groups excluding carboxylic acids is 1. The third-order valence-corrected chi connectivity index (χ3v) is 4.62. The maximum atomic E-state index is 11.9. The first-order valence-corrected chi connectivity index (χ1v) is 6.51. The van der Waals surface area contributed by atoms with Crippen molar-refractivity contribution in [3.63, 3.8) is 0 Å². The third-order valence-electron chi connectivity index (χ3n) is 4.62. The van der Waals surface area contributed by atoms with Crippen molar-refractivity contribution < 1.29 is 4.79 Å². The van der Waals surface area contributed by atoms with Gasteiger partial charge in [-0.3, -0.25) is 4.79 Å². The predicted molar refractivity (Wildman–Crippen MR) is 71.4 cm³/mol. The van der Waals surface area contributed by atoms with Crippen LogP contribution in [0.4, 0.5) is 0 Å². The van der Waals surface area contributed by atoms with Crippen LogP contribution in [0.5, 0.6) is 0 Å². The molecule has 1 heteroatoms. The molecule has 1 fully saturated rings. The van der Waals surface area contributed by atoms with Gasteiger partial charge in [0.25, 0.3) is 0 Å². The number of benzene rings is 1. The van der Waals surface area contributed by atoms with E-state index in [0.717, 1.165) is 12.8 Å². The number of carbonyl (C=O) groups is 1. The fourth-order valence-corrected chi connectivity index (χ4v) is 3.31. The van der Waals surface area contributed by atoms with Gasteiger partial charge in [0.1, 0.15) is 5.78 Å². The lowest BCUT2D eigenvalue weighted by molar-refractivity contribution is -0.139. The first-order chi connectivity index (χ1) is 7.90. The van der Waals surface area contributed by atoms with Gasteiger partial charge in [-0.15, -0.1) is 0 Å². The molecule has 0 aromatic heterocycles. The van der Waals surface area contributed by atoms with E-state index in [4.69, 9.17) is 0 Å². The highest BCUT2D eigenvalue weighted by Gasteiger charge is 2.50. The average Bonchev–Trinajstić information content (AvgIpc) is 2.25. The summed E-state index contributed by atoms with van der Waals surface area (Å²) in [5.74, 6) is 0.866. The Morgan fingerprint density at radius 3 is 2.18 bits per heavy atom. The molecule has 1 aliphatic rings. The van der Waals surface area contributed by atoms with Gasteiger partial charge < -0.3 is 0 Å². The van der Waals surface area contributed by atoms with E-state index in [1.165, 1.54) is 22.3 Å². The summed E-state index contributed by atoms with van der Waals surface area (Å²) in [5, 5.41) is 0. The molecule has 17 heavy (non-hydrogen) atoms. The summed E-state index contributed by atoms with van der Waals surface area (Å²) >= 11 is 0. The lowest BCUT2D eigenvalue weighted by atomic mass is 9.55. The zero-order valence-electron chi connectivity index (χ0n) is 11.6. The largest absolute Gasteiger partial charge is 0.299 e. The fourth-order valence-electron chi connectivity index (χ4n) is 3.31. The summed E-state index contributed by atoms with van der Waals surface area (Å²) in [6, 6.07) is 4.47. The molecule has 0 bridgehead atoms. The van der Waals surface area contributed by atoms with Crippen LogP contribution < -0.4 is 0 Å². The lowest BCUT2D eigenvalue weighted by Crippen LogP contribution is -2.46. The lowest BCUT2D eigenvalue weighted by Gasteiger charge is -2.46. The Morgan fingerprint density at radius 2 is 1.76 bits per heavy atom. The van der Waals surface area contributed by atoms with Crippen molar-refractivity contribution in [1.29, 1.82) is 0 Å². The van der Waals surface area contributed by atoms with Crippen molar-refractivity contribution in [3.8, 4) is 0 Å². The maximum Gasteiger partial charge on any atom is 0.140 e. The first-order valence-electron chi connectivity index (χ1n) is 6.51. The molecule has 1 aliphatic carbocycles. The monoisotopic (exact) mass is 230 g/mol. The van der Waals surface area contributed by atoms with Crippen molar-refractivity contribution in [1.82, 2.24) is 0 Å². The number of hydrogen-bond acceptors (Lipinski definition) is 1. The number of rotatable bonds is 2. The maximum absolute atomic E-state index is 11.9. The van der Waals surface area contributed by atoms with E-state index in [2.05, 4.69) is 46.8 Å². The summed E-state index contributed by atoms with van der Waals surface area (Å²) in [7, 11) is 0. The molecular weight excluding hydrogens is 208 g/mol. The first kappa shape index (κ1) is 12.3. The Balaban J connectivity index is 2.46. The molecule has 2 unspecified atom stereocenters. The summed E-state index contributed by atoms with van der Waals surface area (Å²) in [6.45, 7) is 10.7. The van der Waals surface area contributed by atoms with E-state index >= 15 is 0 Å². The zero-order valence-corrected chi connectivity index (χ0v) is 11.6. The Morgan fingerprint density at radius 1 is 1.24 bits per heavy atom. The molecule has 1 aromatic rings. The van der Waals surface area contributed by atoms with Gasteiger partial charge >= 0.3 is 0 Å². The molecule has 2 atom stereocenters. The van der Waals surface area contributed by atoms with Crippen LogP contribution in [0.3, 0.4) is 0 Å². The second kappa shape index (κ2) is 3.97. The molecule has 1 saturated carbocycles. The summed E-state index contributed by atoms with van der Waals surface area (Å²) in [4.78, 5) is 11.9. The van der Waals surface area contributed by atoms with Crippen molar-refractivity contribution in [2.45, 2.75) is 53.4 Å². The van der Waals surface area contributed by atoms with Gasteiger partial charge in [-0.25, -0.2) is 0 Å². The molecule has 0 aliphatic heterocycles. The van der Waals surface area contributed by atoms with E-state index < -0.39 is 0 Å². The van der Waals surface area contributed by atoms with Crippen molar-refractivity contribution in [2.75, 3.05) is 0 Å². The van der Waals surface area contributed by atoms with E-state index in [9.17, 15) is 4.79 Å². The minimum absolute atomic E-state index is 0.120.